The number of hydrogen-bond acceptors (Lipinski definition) is 2. The third-order valence-corrected chi connectivity index (χ3v) is 1.82. The largest absolute Gasteiger partial charge is 0.258 e. The number of rotatable bonds is 1. The molecule has 1 heterocycles. The Hall–Kier alpha value is -0.920. The molecule has 2 heteroatoms. The molecule has 0 amide bonds. The van der Waals surface area contributed by atoms with E-state index in [9.17, 15) is 0 Å². The van der Waals surface area contributed by atoms with Crippen LogP contribution in [0.25, 0.3) is 0 Å². The third kappa shape index (κ3) is 1.81. The molecule has 0 aliphatic heterocycles. The molecule has 0 fully saturated rings. The zero-order chi connectivity index (χ0) is 9.19. The number of aromatic nitrogens is 2. The maximum atomic E-state index is 4.36. The van der Waals surface area contributed by atoms with Crippen molar-refractivity contribution in [1.82, 2.24) is 9.97 Å². The van der Waals surface area contributed by atoms with Gasteiger partial charge in [0, 0.05) is 17.8 Å². The average molecular weight is 164 g/mol. The van der Waals surface area contributed by atoms with Crippen LogP contribution in [0, 0.1) is 0 Å². The van der Waals surface area contributed by atoms with Crippen molar-refractivity contribution in [3.8, 4) is 0 Å². The van der Waals surface area contributed by atoms with Gasteiger partial charge in [-0.15, -0.1) is 0 Å². The second-order valence-corrected chi connectivity index (χ2v) is 3.96. The van der Waals surface area contributed by atoms with Gasteiger partial charge in [0.15, 0.2) is 0 Å². The Labute approximate surface area is 74.1 Å². The molecule has 1 rings (SSSR count). The summed E-state index contributed by atoms with van der Waals surface area (Å²) in [4.78, 5) is 8.66. The van der Waals surface area contributed by atoms with Crippen molar-refractivity contribution in [1.29, 1.82) is 0 Å². The van der Waals surface area contributed by atoms with Gasteiger partial charge in [0.25, 0.3) is 0 Å². The second-order valence-electron chi connectivity index (χ2n) is 3.96. The predicted octanol–water partition coefficient (Wildman–Crippen LogP) is 2.34. The first-order chi connectivity index (χ1) is 5.55. The van der Waals surface area contributed by atoms with Crippen molar-refractivity contribution in [3.05, 3.63) is 23.8 Å². The standard InChI is InChI=1S/C10H16N2/c1-5-8-9(10(2,3)4)12-7-6-11-8/h6-7H,5H2,1-4H3. The maximum absolute atomic E-state index is 4.36. The summed E-state index contributed by atoms with van der Waals surface area (Å²) in [5.41, 5.74) is 2.34. The summed E-state index contributed by atoms with van der Waals surface area (Å²) in [7, 11) is 0. The van der Waals surface area contributed by atoms with Crippen molar-refractivity contribution < 1.29 is 0 Å². The van der Waals surface area contributed by atoms with Crippen LogP contribution < -0.4 is 0 Å². The molecule has 0 saturated carbocycles. The topological polar surface area (TPSA) is 25.8 Å². The van der Waals surface area contributed by atoms with E-state index in [2.05, 4.69) is 37.7 Å². The molecular weight excluding hydrogens is 148 g/mol. The van der Waals surface area contributed by atoms with E-state index in [-0.39, 0.29) is 5.41 Å². The smallest absolute Gasteiger partial charge is 0.0671 e. The zero-order valence-electron chi connectivity index (χ0n) is 8.26. The van der Waals surface area contributed by atoms with Gasteiger partial charge >= 0.3 is 0 Å². The van der Waals surface area contributed by atoms with Gasteiger partial charge in [0.1, 0.15) is 0 Å². The lowest BCUT2D eigenvalue weighted by molar-refractivity contribution is 0.555. The molecule has 0 atom stereocenters. The van der Waals surface area contributed by atoms with E-state index in [1.54, 1.807) is 12.4 Å². The van der Waals surface area contributed by atoms with Crippen molar-refractivity contribution >= 4 is 0 Å². The zero-order valence-corrected chi connectivity index (χ0v) is 8.26. The minimum absolute atomic E-state index is 0.111. The van der Waals surface area contributed by atoms with Crippen LogP contribution in [0.2, 0.25) is 0 Å². The average Bonchev–Trinajstić information content (AvgIpc) is 2.03. The number of hydrogen-bond donors (Lipinski definition) is 0. The van der Waals surface area contributed by atoms with Gasteiger partial charge in [0.05, 0.1) is 11.4 Å². The molecule has 0 aliphatic rings. The van der Waals surface area contributed by atoms with Crippen molar-refractivity contribution in [3.63, 3.8) is 0 Å². The van der Waals surface area contributed by atoms with Crippen LogP contribution in [0.1, 0.15) is 39.1 Å². The van der Waals surface area contributed by atoms with Gasteiger partial charge in [0.2, 0.25) is 0 Å². The normalized spacial score (nSPS) is 11.7. The molecule has 0 aliphatic carbocycles. The highest BCUT2D eigenvalue weighted by molar-refractivity contribution is 5.18. The Morgan fingerprint density at radius 2 is 1.75 bits per heavy atom. The molecule has 0 saturated heterocycles. The van der Waals surface area contributed by atoms with E-state index in [1.807, 2.05) is 0 Å². The van der Waals surface area contributed by atoms with Crippen LogP contribution >= 0.6 is 0 Å². The fourth-order valence-corrected chi connectivity index (χ4v) is 1.25. The lowest BCUT2D eigenvalue weighted by Crippen LogP contribution is -2.17. The van der Waals surface area contributed by atoms with E-state index in [0.717, 1.165) is 17.8 Å². The molecule has 66 valence electrons. The van der Waals surface area contributed by atoms with Crippen molar-refractivity contribution in [2.75, 3.05) is 0 Å². The Bertz CT molecular complexity index is 261. The maximum Gasteiger partial charge on any atom is 0.0671 e. The molecule has 0 spiro atoms. The summed E-state index contributed by atoms with van der Waals surface area (Å²) >= 11 is 0. The summed E-state index contributed by atoms with van der Waals surface area (Å²) in [5, 5.41) is 0. The Morgan fingerprint density at radius 3 is 2.17 bits per heavy atom. The molecular formula is C10H16N2. The molecule has 0 bridgehead atoms. The molecule has 12 heavy (non-hydrogen) atoms. The van der Waals surface area contributed by atoms with E-state index >= 15 is 0 Å². The van der Waals surface area contributed by atoms with Crippen LogP contribution in [-0.2, 0) is 11.8 Å². The Morgan fingerprint density at radius 1 is 1.17 bits per heavy atom. The summed E-state index contributed by atoms with van der Waals surface area (Å²) in [6.07, 6.45) is 4.48. The molecule has 0 unspecified atom stereocenters. The van der Waals surface area contributed by atoms with E-state index in [1.165, 1.54) is 0 Å². The first kappa shape index (κ1) is 9.17. The van der Waals surface area contributed by atoms with Crippen LogP contribution in [0.5, 0.6) is 0 Å². The van der Waals surface area contributed by atoms with Crippen LogP contribution in [0.4, 0.5) is 0 Å². The van der Waals surface area contributed by atoms with Crippen LogP contribution in [-0.4, -0.2) is 9.97 Å². The Kier molecular flexibility index (Phi) is 2.46. The summed E-state index contributed by atoms with van der Waals surface area (Å²) in [5.74, 6) is 0. The highest BCUT2D eigenvalue weighted by Gasteiger charge is 2.18. The fourth-order valence-electron chi connectivity index (χ4n) is 1.25. The monoisotopic (exact) mass is 164 g/mol. The Balaban J connectivity index is 3.14. The van der Waals surface area contributed by atoms with E-state index < -0.39 is 0 Å². The van der Waals surface area contributed by atoms with Gasteiger partial charge in [-0.25, -0.2) is 0 Å². The van der Waals surface area contributed by atoms with Crippen molar-refractivity contribution in [2.24, 2.45) is 0 Å². The third-order valence-electron chi connectivity index (χ3n) is 1.82. The SMILES string of the molecule is CCc1nccnc1C(C)(C)C. The van der Waals surface area contributed by atoms with Crippen LogP contribution in [0.15, 0.2) is 12.4 Å². The van der Waals surface area contributed by atoms with E-state index in [4.69, 9.17) is 0 Å². The first-order valence-corrected chi connectivity index (χ1v) is 4.36. The van der Waals surface area contributed by atoms with Gasteiger partial charge in [-0.2, -0.15) is 0 Å². The minimum Gasteiger partial charge on any atom is -0.258 e. The van der Waals surface area contributed by atoms with Gasteiger partial charge in [-0.3, -0.25) is 9.97 Å². The molecule has 0 N–H and O–H groups in total. The van der Waals surface area contributed by atoms with Gasteiger partial charge in [-0.1, -0.05) is 27.7 Å². The van der Waals surface area contributed by atoms with Gasteiger partial charge in [-0.05, 0) is 6.42 Å². The molecule has 0 aromatic carbocycles. The summed E-state index contributed by atoms with van der Waals surface area (Å²) in [6.45, 7) is 8.60. The quantitative estimate of drug-likeness (QED) is 0.636. The number of aryl methyl sites for hydroxylation is 1. The molecule has 1 aromatic rings. The van der Waals surface area contributed by atoms with Gasteiger partial charge < -0.3 is 0 Å². The number of nitrogens with zero attached hydrogens (tertiary/aromatic N) is 2. The summed E-state index contributed by atoms with van der Waals surface area (Å²) < 4.78 is 0. The van der Waals surface area contributed by atoms with E-state index in [0.29, 0.717) is 0 Å². The fraction of sp³-hybridized carbons (Fsp3) is 0.600. The van der Waals surface area contributed by atoms with Crippen LogP contribution in [0.3, 0.4) is 0 Å². The highest BCUT2D eigenvalue weighted by atomic mass is 14.8. The molecule has 1 aromatic heterocycles. The first-order valence-electron chi connectivity index (χ1n) is 4.36. The summed E-state index contributed by atoms with van der Waals surface area (Å²) in [6, 6.07) is 0. The second kappa shape index (κ2) is 3.21. The van der Waals surface area contributed by atoms with Crippen molar-refractivity contribution in [2.45, 2.75) is 39.5 Å². The lowest BCUT2D eigenvalue weighted by atomic mass is 9.90. The lowest BCUT2D eigenvalue weighted by Gasteiger charge is -2.19. The molecule has 2 nitrogen and oxygen atoms in total. The highest BCUT2D eigenvalue weighted by Crippen LogP contribution is 2.21. The molecule has 0 radical (unpaired) electrons. The predicted molar refractivity (Wildman–Crippen MR) is 50.1 cm³/mol. The minimum atomic E-state index is 0.111.